The molecule has 2 aromatic rings. The average molecular weight is 479 g/mol. The van der Waals surface area contributed by atoms with E-state index in [0.29, 0.717) is 25.9 Å². The molecule has 3 N–H and O–H groups in total. The third-order valence-corrected chi connectivity index (χ3v) is 8.06. The maximum absolute atomic E-state index is 13.5. The number of amides is 2. The summed E-state index contributed by atoms with van der Waals surface area (Å²) < 4.78 is 13.3. The molecule has 9 heteroatoms. The number of fused-ring (bicyclic) bond motifs is 3. The molecule has 0 aromatic heterocycles. The first-order chi connectivity index (χ1) is 17.1. The Labute approximate surface area is 204 Å². The lowest BCUT2D eigenvalue weighted by molar-refractivity contribution is -0.147. The standard InChI is InChI=1S/C26H31FN6O2/c27-19-7-9-20(10-8-19)31-12-14-32(15-13-31)26(35)18-6-11-21-22(16-18)33-24(28-25(21)34)23(29-30-33)17-4-2-1-3-5-17/h1-5,7-10,18,21-24,29-30H,6,11-16H2,(H,28,34). The van der Waals surface area contributed by atoms with Gasteiger partial charge in [-0.2, -0.15) is 5.53 Å². The van der Waals surface area contributed by atoms with E-state index in [2.05, 4.69) is 38.3 Å². The smallest absolute Gasteiger partial charge is 0.226 e. The van der Waals surface area contributed by atoms with Gasteiger partial charge in [-0.1, -0.05) is 30.3 Å². The Morgan fingerprint density at radius 1 is 0.943 bits per heavy atom. The van der Waals surface area contributed by atoms with Gasteiger partial charge in [0, 0.05) is 43.8 Å². The van der Waals surface area contributed by atoms with Gasteiger partial charge in [-0.15, -0.1) is 0 Å². The molecule has 3 saturated heterocycles. The van der Waals surface area contributed by atoms with E-state index in [1.807, 2.05) is 23.1 Å². The number of hydrazine groups is 2. The minimum atomic E-state index is -0.241. The Kier molecular flexibility index (Phi) is 5.91. The molecule has 2 amide bonds. The largest absolute Gasteiger partial charge is 0.368 e. The molecule has 2 aromatic carbocycles. The van der Waals surface area contributed by atoms with Gasteiger partial charge in [0.15, 0.2) is 0 Å². The molecule has 4 fully saturated rings. The fraction of sp³-hybridized carbons (Fsp3) is 0.462. The first kappa shape index (κ1) is 22.5. The summed E-state index contributed by atoms with van der Waals surface area (Å²) in [6.45, 7) is 2.78. The molecule has 0 spiro atoms. The molecule has 0 radical (unpaired) electrons. The van der Waals surface area contributed by atoms with Crippen LogP contribution < -0.4 is 21.2 Å². The number of rotatable bonds is 3. The zero-order chi connectivity index (χ0) is 23.9. The number of hydrogen-bond acceptors (Lipinski definition) is 6. The van der Waals surface area contributed by atoms with Crippen molar-refractivity contribution in [1.82, 2.24) is 26.2 Å². The Balaban J connectivity index is 1.11. The molecule has 6 rings (SSSR count). The number of benzene rings is 2. The Hall–Kier alpha value is -3.01. The molecule has 35 heavy (non-hydrogen) atoms. The molecule has 3 heterocycles. The van der Waals surface area contributed by atoms with E-state index >= 15 is 0 Å². The Bertz CT molecular complexity index is 1080. The van der Waals surface area contributed by atoms with E-state index in [-0.39, 0.29) is 47.7 Å². The lowest BCUT2D eigenvalue weighted by Crippen LogP contribution is -2.66. The molecular weight excluding hydrogens is 447 g/mol. The fourth-order valence-corrected chi connectivity index (χ4v) is 6.15. The van der Waals surface area contributed by atoms with Gasteiger partial charge in [-0.05, 0) is 49.1 Å². The van der Waals surface area contributed by atoms with E-state index in [9.17, 15) is 14.0 Å². The second kappa shape index (κ2) is 9.22. The number of nitrogens with zero attached hydrogens (tertiary/aromatic N) is 3. The number of hydrogen-bond donors (Lipinski definition) is 3. The number of halogens is 1. The second-order valence-electron chi connectivity index (χ2n) is 9.98. The summed E-state index contributed by atoms with van der Waals surface area (Å²) in [4.78, 5) is 30.6. The third kappa shape index (κ3) is 4.17. The number of carbonyl (C=O) groups excluding carboxylic acids is 2. The van der Waals surface area contributed by atoms with Crippen LogP contribution in [0.15, 0.2) is 54.6 Å². The molecule has 5 atom stereocenters. The summed E-state index contributed by atoms with van der Waals surface area (Å²) in [6, 6.07) is 16.5. The lowest BCUT2D eigenvalue weighted by Gasteiger charge is -2.47. The minimum Gasteiger partial charge on any atom is -0.368 e. The first-order valence-corrected chi connectivity index (χ1v) is 12.5. The summed E-state index contributed by atoms with van der Waals surface area (Å²) in [7, 11) is 0. The molecule has 3 aliphatic heterocycles. The highest BCUT2D eigenvalue weighted by atomic mass is 19.1. The molecule has 4 aliphatic rings. The highest BCUT2D eigenvalue weighted by molar-refractivity contribution is 5.83. The lowest BCUT2D eigenvalue weighted by atomic mass is 9.75. The van der Waals surface area contributed by atoms with Gasteiger partial charge in [0.25, 0.3) is 0 Å². The first-order valence-electron chi connectivity index (χ1n) is 12.5. The number of nitrogens with one attached hydrogen (secondary N) is 3. The van der Waals surface area contributed by atoms with Gasteiger partial charge in [0.1, 0.15) is 12.0 Å². The molecule has 1 saturated carbocycles. The predicted octanol–water partition coefficient (Wildman–Crippen LogP) is 1.78. The minimum absolute atomic E-state index is 0.0295. The molecule has 184 valence electrons. The van der Waals surface area contributed by atoms with Crippen LogP contribution in [0.1, 0.15) is 30.9 Å². The predicted molar refractivity (Wildman–Crippen MR) is 129 cm³/mol. The van der Waals surface area contributed by atoms with E-state index in [1.165, 1.54) is 12.1 Å². The van der Waals surface area contributed by atoms with Crippen LogP contribution in [0.2, 0.25) is 0 Å². The quantitative estimate of drug-likeness (QED) is 0.624. The zero-order valence-corrected chi connectivity index (χ0v) is 19.6. The van der Waals surface area contributed by atoms with Gasteiger partial charge in [-0.3, -0.25) is 9.59 Å². The van der Waals surface area contributed by atoms with Crippen molar-refractivity contribution in [1.29, 1.82) is 0 Å². The molecule has 8 nitrogen and oxygen atoms in total. The SMILES string of the molecule is O=C1NC2C(c3ccccc3)NNN2C2CC(C(=O)N3CCN(c4ccc(F)cc4)CC3)CCC12. The maximum atomic E-state index is 13.5. The van der Waals surface area contributed by atoms with Crippen molar-refractivity contribution in [2.45, 2.75) is 37.5 Å². The summed E-state index contributed by atoms with van der Waals surface area (Å²) in [5, 5.41) is 5.32. The number of piperazine rings is 1. The molecule has 1 aliphatic carbocycles. The monoisotopic (exact) mass is 478 g/mol. The van der Waals surface area contributed by atoms with Gasteiger partial charge in [-0.25, -0.2) is 14.8 Å². The van der Waals surface area contributed by atoms with Crippen molar-refractivity contribution in [2.75, 3.05) is 31.1 Å². The molecular formula is C26H31FN6O2. The topological polar surface area (TPSA) is 79.9 Å². The summed E-state index contributed by atoms with van der Waals surface area (Å²) >= 11 is 0. The van der Waals surface area contributed by atoms with E-state index in [1.54, 1.807) is 12.1 Å². The van der Waals surface area contributed by atoms with Crippen LogP contribution in [0.3, 0.4) is 0 Å². The van der Waals surface area contributed by atoms with Crippen LogP contribution >= 0.6 is 0 Å². The second-order valence-corrected chi connectivity index (χ2v) is 9.98. The van der Waals surface area contributed by atoms with Gasteiger partial charge in [0.2, 0.25) is 11.8 Å². The van der Waals surface area contributed by atoms with Crippen molar-refractivity contribution in [3.63, 3.8) is 0 Å². The summed E-state index contributed by atoms with van der Waals surface area (Å²) in [6.07, 6.45) is 1.92. The normalized spacial score (nSPS) is 31.0. The Morgan fingerprint density at radius 2 is 1.69 bits per heavy atom. The Morgan fingerprint density at radius 3 is 2.43 bits per heavy atom. The van der Waals surface area contributed by atoms with Crippen LogP contribution in [0.25, 0.3) is 0 Å². The van der Waals surface area contributed by atoms with Crippen LogP contribution in [-0.4, -0.2) is 60.1 Å². The van der Waals surface area contributed by atoms with Crippen LogP contribution in [0.4, 0.5) is 10.1 Å². The third-order valence-electron chi connectivity index (χ3n) is 8.06. The molecule has 0 bridgehead atoms. The van der Waals surface area contributed by atoms with Crippen LogP contribution in [-0.2, 0) is 9.59 Å². The molecule has 5 unspecified atom stereocenters. The average Bonchev–Trinajstić information content (AvgIpc) is 3.33. The van der Waals surface area contributed by atoms with Crippen LogP contribution in [0, 0.1) is 17.7 Å². The van der Waals surface area contributed by atoms with Gasteiger partial charge in [0.05, 0.1) is 12.0 Å². The van der Waals surface area contributed by atoms with Crippen molar-refractivity contribution in [2.24, 2.45) is 11.8 Å². The number of anilines is 1. The summed E-state index contributed by atoms with van der Waals surface area (Å²) in [5.41, 5.74) is 8.73. The highest BCUT2D eigenvalue weighted by Crippen LogP contribution is 2.39. The van der Waals surface area contributed by atoms with Gasteiger partial charge >= 0.3 is 0 Å². The van der Waals surface area contributed by atoms with Crippen molar-refractivity contribution in [3.05, 3.63) is 66.0 Å². The van der Waals surface area contributed by atoms with Crippen molar-refractivity contribution >= 4 is 17.5 Å². The number of carbonyl (C=O) groups is 2. The van der Waals surface area contributed by atoms with E-state index < -0.39 is 0 Å². The summed E-state index contributed by atoms with van der Waals surface area (Å²) in [5.74, 6) is -0.167. The van der Waals surface area contributed by atoms with E-state index in [4.69, 9.17) is 0 Å². The van der Waals surface area contributed by atoms with Crippen molar-refractivity contribution < 1.29 is 14.0 Å². The highest BCUT2D eigenvalue weighted by Gasteiger charge is 2.51. The van der Waals surface area contributed by atoms with Gasteiger partial charge < -0.3 is 15.1 Å². The maximum Gasteiger partial charge on any atom is 0.226 e. The van der Waals surface area contributed by atoms with Crippen molar-refractivity contribution in [3.8, 4) is 0 Å². The van der Waals surface area contributed by atoms with E-state index in [0.717, 1.165) is 30.8 Å². The zero-order valence-electron chi connectivity index (χ0n) is 19.6. The van der Waals surface area contributed by atoms with Crippen LogP contribution in [0.5, 0.6) is 0 Å². The fourth-order valence-electron chi connectivity index (χ4n) is 6.15.